The maximum absolute atomic E-state index is 12.8. The Kier molecular flexibility index (Phi) is 3.02. The van der Waals surface area contributed by atoms with Crippen molar-refractivity contribution in [2.45, 2.75) is 32.6 Å². The van der Waals surface area contributed by atoms with Gasteiger partial charge in [0, 0.05) is 28.6 Å². The lowest BCUT2D eigenvalue weighted by molar-refractivity contribution is 0.0953. The molecule has 2 atom stereocenters. The predicted octanol–water partition coefficient (Wildman–Crippen LogP) is 4.19. The molecular weight excluding hydrogens is 262 g/mol. The summed E-state index contributed by atoms with van der Waals surface area (Å²) in [5.41, 5.74) is 1.87. The summed E-state index contributed by atoms with van der Waals surface area (Å²) in [6.07, 6.45) is 6.66. The molecule has 1 heterocycles. The first-order chi connectivity index (χ1) is 10.3. The molecule has 2 saturated carbocycles. The van der Waals surface area contributed by atoms with Crippen molar-refractivity contribution in [1.29, 1.82) is 0 Å². The summed E-state index contributed by atoms with van der Waals surface area (Å²) in [5.74, 6) is 2.82. The smallest absolute Gasteiger partial charge is 0.168 e. The number of benzene rings is 1. The van der Waals surface area contributed by atoms with Crippen molar-refractivity contribution in [3.8, 4) is 5.75 Å². The van der Waals surface area contributed by atoms with Gasteiger partial charge in [0.15, 0.2) is 5.78 Å². The van der Waals surface area contributed by atoms with Gasteiger partial charge >= 0.3 is 0 Å². The fourth-order valence-corrected chi connectivity index (χ4v) is 4.00. The first-order valence-electron chi connectivity index (χ1n) is 8.07. The zero-order valence-corrected chi connectivity index (χ0v) is 12.4. The Morgan fingerprint density at radius 3 is 2.90 bits per heavy atom. The lowest BCUT2D eigenvalue weighted by atomic mass is 10.0. The SMILES string of the molecule is CCCOc1ccc2[nH]cc(C(=O)C3C4CCCC43)c2c1. The van der Waals surface area contributed by atoms with Crippen LogP contribution in [-0.4, -0.2) is 17.4 Å². The van der Waals surface area contributed by atoms with Crippen molar-refractivity contribution in [3.63, 3.8) is 0 Å². The second-order valence-electron chi connectivity index (χ2n) is 6.41. The van der Waals surface area contributed by atoms with E-state index in [4.69, 9.17) is 4.74 Å². The minimum Gasteiger partial charge on any atom is -0.494 e. The molecule has 0 spiro atoms. The van der Waals surface area contributed by atoms with E-state index in [1.165, 1.54) is 19.3 Å². The van der Waals surface area contributed by atoms with E-state index in [-0.39, 0.29) is 5.92 Å². The maximum Gasteiger partial charge on any atom is 0.168 e. The third kappa shape index (κ3) is 2.06. The average Bonchev–Trinajstić information content (AvgIpc) is 2.88. The standard InChI is InChI=1S/C18H21NO2/c1-2-8-21-11-6-7-16-14(9-11)15(10-19-16)18(20)17-12-4-3-5-13(12)17/h6-7,9-10,12-13,17,19H,2-5,8H2,1H3. The van der Waals surface area contributed by atoms with Crippen LogP contribution < -0.4 is 4.74 Å². The number of ether oxygens (including phenoxy) is 1. The van der Waals surface area contributed by atoms with Crippen LogP contribution in [0.2, 0.25) is 0 Å². The van der Waals surface area contributed by atoms with Gasteiger partial charge in [0.2, 0.25) is 0 Å². The second-order valence-corrected chi connectivity index (χ2v) is 6.41. The van der Waals surface area contributed by atoms with E-state index < -0.39 is 0 Å². The summed E-state index contributed by atoms with van der Waals surface area (Å²) in [4.78, 5) is 16.0. The Morgan fingerprint density at radius 1 is 1.33 bits per heavy atom. The van der Waals surface area contributed by atoms with E-state index in [0.717, 1.165) is 28.6 Å². The van der Waals surface area contributed by atoms with Gasteiger partial charge in [0.25, 0.3) is 0 Å². The minimum atomic E-state index is 0.290. The summed E-state index contributed by atoms with van der Waals surface area (Å²) >= 11 is 0. The van der Waals surface area contributed by atoms with Crippen LogP contribution in [0.25, 0.3) is 10.9 Å². The summed E-state index contributed by atoms with van der Waals surface area (Å²) in [5, 5.41) is 1.01. The predicted molar refractivity (Wildman–Crippen MR) is 82.7 cm³/mol. The van der Waals surface area contributed by atoms with Gasteiger partial charge in [-0.15, -0.1) is 0 Å². The molecule has 1 aromatic heterocycles. The van der Waals surface area contributed by atoms with Crippen LogP contribution in [0.3, 0.4) is 0 Å². The molecule has 0 amide bonds. The van der Waals surface area contributed by atoms with Crippen LogP contribution in [0.4, 0.5) is 0 Å². The quantitative estimate of drug-likeness (QED) is 0.836. The van der Waals surface area contributed by atoms with Gasteiger partial charge in [-0.25, -0.2) is 0 Å². The molecule has 2 aliphatic carbocycles. The van der Waals surface area contributed by atoms with Gasteiger partial charge in [-0.05, 0) is 49.3 Å². The highest BCUT2D eigenvalue weighted by Crippen LogP contribution is 2.58. The summed E-state index contributed by atoms with van der Waals surface area (Å²) in [6.45, 7) is 2.81. The Labute approximate surface area is 124 Å². The number of aromatic amines is 1. The van der Waals surface area contributed by atoms with Crippen LogP contribution in [0.15, 0.2) is 24.4 Å². The van der Waals surface area contributed by atoms with Crippen LogP contribution in [0.1, 0.15) is 43.0 Å². The number of Topliss-reactive ketones (excluding diaryl/α,β-unsaturated/α-hetero) is 1. The maximum atomic E-state index is 12.8. The number of aromatic nitrogens is 1. The molecule has 0 bridgehead atoms. The molecule has 110 valence electrons. The van der Waals surface area contributed by atoms with E-state index in [1.54, 1.807) is 0 Å². The van der Waals surface area contributed by atoms with Crippen molar-refractivity contribution >= 4 is 16.7 Å². The van der Waals surface area contributed by atoms with Crippen LogP contribution in [-0.2, 0) is 0 Å². The number of fused-ring (bicyclic) bond motifs is 2. The fourth-order valence-electron chi connectivity index (χ4n) is 4.00. The van der Waals surface area contributed by atoms with Crippen molar-refractivity contribution in [2.75, 3.05) is 6.61 Å². The topological polar surface area (TPSA) is 42.1 Å². The van der Waals surface area contributed by atoms with E-state index in [1.807, 2.05) is 24.4 Å². The largest absolute Gasteiger partial charge is 0.494 e. The van der Waals surface area contributed by atoms with Gasteiger partial charge in [0.05, 0.1) is 6.61 Å². The monoisotopic (exact) mass is 283 g/mol. The fraction of sp³-hybridized carbons (Fsp3) is 0.500. The van der Waals surface area contributed by atoms with Gasteiger partial charge in [-0.1, -0.05) is 13.3 Å². The third-order valence-corrected chi connectivity index (χ3v) is 5.10. The average molecular weight is 283 g/mol. The van der Waals surface area contributed by atoms with Crippen molar-refractivity contribution in [2.24, 2.45) is 17.8 Å². The molecule has 2 aromatic rings. The molecule has 2 aliphatic rings. The molecule has 4 rings (SSSR count). The molecule has 2 fully saturated rings. The van der Waals surface area contributed by atoms with E-state index in [2.05, 4.69) is 11.9 Å². The van der Waals surface area contributed by atoms with Crippen molar-refractivity contribution in [3.05, 3.63) is 30.0 Å². The van der Waals surface area contributed by atoms with Crippen LogP contribution >= 0.6 is 0 Å². The lowest BCUT2D eigenvalue weighted by Crippen LogP contribution is -2.05. The highest BCUT2D eigenvalue weighted by molar-refractivity contribution is 6.10. The normalized spacial score (nSPS) is 26.8. The molecule has 3 heteroatoms. The Bertz CT molecular complexity index is 678. The highest BCUT2D eigenvalue weighted by Gasteiger charge is 2.56. The number of nitrogens with one attached hydrogen (secondary N) is 1. The zero-order chi connectivity index (χ0) is 14.4. The third-order valence-electron chi connectivity index (χ3n) is 5.10. The number of hydrogen-bond donors (Lipinski definition) is 1. The minimum absolute atomic E-state index is 0.290. The molecule has 3 nitrogen and oxygen atoms in total. The molecule has 0 radical (unpaired) electrons. The number of ketones is 1. The Morgan fingerprint density at radius 2 is 2.14 bits per heavy atom. The molecule has 0 saturated heterocycles. The number of hydrogen-bond acceptors (Lipinski definition) is 2. The van der Waals surface area contributed by atoms with E-state index >= 15 is 0 Å². The summed E-state index contributed by atoms with van der Waals surface area (Å²) in [6, 6.07) is 5.98. The van der Waals surface area contributed by atoms with Crippen molar-refractivity contribution < 1.29 is 9.53 Å². The molecular formula is C18H21NO2. The van der Waals surface area contributed by atoms with Gasteiger partial charge < -0.3 is 9.72 Å². The van der Waals surface area contributed by atoms with E-state index in [9.17, 15) is 4.79 Å². The zero-order valence-electron chi connectivity index (χ0n) is 12.4. The number of rotatable bonds is 5. The van der Waals surface area contributed by atoms with Crippen LogP contribution in [0.5, 0.6) is 5.75 Å². The van der Waals surface area contributed by atoms with Crippen LogP contribution in [0, 0.1) is 17.8 Å². The molecule has 2 unspecified atom stereocenters. The molecule has 0 aliphatic heterocycles. The summed E-state index contributed by atoms with van der Waals surface area (Å²) in [7, 11) is 0. The Hall–Kier alpha value is -1.77. The second kappa shape index (κ2) is 4.90. The molecule has 1 aromatic carbocycles. The van der Waals surface area contributed by atoms with E-state index in [0.29, 0.717) is 24.2 Å². The van der Waals surface area contributed by atoms with Gasteiger partial charge in [-0.2, -0.15) is 0 Å². The first kappa shape index (κ1) is 12.9. The Balaban J connectivity index is 1.63. The van der Waals surface area contributed by atoms with Gasteiger partial charge in [-0.3, -0.25) is 4.79 Å². The summed E-state index contributed by atoms with van der Waals surface area (Å²) < 4.78 is 5.69. The number of H-pyrrole nitrogens is 1. The highest BCUT2D eigenvalue weighted by atomic mass is 16.5. The molecule has 1 N–H and O–H groups in total. The number of carbonyl (C=O) groups excluding carboxylic acids is 1. The number of carbonyl (C=O) groups is 1. The first-order valence-corrected chi connectivity index (χ1v) is 8.07. The lowest BCUT2D eigenvalue weighted by Gasteiger charge is -2.05. The molecule has 21 heavy (non-hydrogen) atoms. The van der Waals surface area contributed by atoms with Crippen molar-refractivity contribution in [1.82, 2.24) is 4.98 Å². The van der Waals surface area contributed by atoms with Gasteiger partial charge in [0.1, 0.15) is 5.75 Å².